The van der Waals surface area contributed by atoms with Crippen LogP contribution in [0.2, 0.25) is 5.02 Å². The molecular weight excluding hydrogens is 590 g/mol. The molecule has 4 aromatic carbocycles. The number of amides is 1. The third-order valence-corrected chi connectivity index (χ3v) is 8.86. The van der Waals surface area contributed by atoms with Crippen LogP contribution in [0.4, 0.5) is 5.69 Å². The fourth-order valence-corrected chi connectivity index (χ4v) is 6.15. The normalized spacial score (nSPS) is 15.1. The first-order chi connectivity index (χ1) is 21.8. The van der Waals surface area contributed by atoms with Crippen LogP contribution >= 0.6 is 11.6 Å². The molecule has 238 valence electrons. The van der Waals surface area contributed by atoms with Gasteiger partial charge in [-0.1, -0.05) is 86.1 Å². The smallest absolute Gasteiger partial charge is 0.338 e. The number of esters is 1. The average molecular weight is 634 g/mol. The molecule has 1 unspecified atom stereocenters. The van der Waals surface area contributed by atoms with Crippen molar-refractivity contribution in [2.75, 3.05) is 5.32 Å². The molecule has 0 radical (unpaired) electrons. The van der Waals surface area contributed by atoms with E-state index in [1.807, 2.05) is 88.4 Å². The third kappa shape index (κ3) is 8.55. The fourth-order valence-electron chi connectivity index (χ4n) is 5.92. The first-order valence-electron chi connectivity index (χ1n) is 16.1. The molecule has 5 rings (SSSR count). The van der Waals surface area contributed by atoms with Gasteiger partial charge in [0.15, 0.2) is 0 Å². The predicted octanol–water partition coefficient (Wildman–Crippen LogP) is 10.8. The summed E-state index contributed by atoms with van der Waals surface area (Å²) in [5.41, 5.74) is 8.68. The number of allylic oxidation sites excluding steroid dienone is 2. The zero-order valence-corrected chi connectivity index (χ0v) is 28.5. The highest BCUT2D eigenvalue weighted by molar-refractivity contribution is 6.30. The maximum absolute atomic E-state index is 14.1. The molecule has 1 aliphatic carbocycles. The third-order valence-electron chi connectivity index (χ3n) is 8.63. The van der Waals surface area contributed by atoms with Crippen LogP contribution in [0.5, 0.6) is 0 Å². The van der Waals surface area contributed by atoms with Gasteiger partial charge in [0.05, 0.1) is 11.5 Å². The number of rotatable bonds is 8. The maximum atomic E-state index is 14.1. The molecule has 0 bridgehead atoms. The van der Waals surface area contributed by atoms with Gasteiger partial charge in [0.25, 0.3) is 0 Å². The van der Waals surface area contributed by atoms with Crippen molar-refractivity contribution in [1.82, 2.24) is 0 Å². The van der Waals surface area contributed by atoms with Crippen molar-refractivity contribution in [3.8, 4) is 11.1 Å². The molecule has 0 fully saturated rings. The lowest BCUT2D eigenvalue weighted by Gasteiger charge is -2.29. The van der Waals surface area contributed by atoms with Crippen LogP contribution in [-0.4, -0.2) is 17.5 Å². The quantitative estimate of drug-likeness (QED) is 0.196. The Morgan fingerprint density at radius 3 is 2.26 bits per heavy atom. The molecule has 0 aromatic heterocycles. The van der Waals surface area contributed by atoms with Gasteiger partial charge in [-0.3, -0.25) is 4.79 Å². The monoisotopic (exact) mass is 633 g/mol. The number of hydrogen-bond acceptors (Lipinski definition) is 3. The lowest BCUT2D eigenvalue weighted by Crippen LogP contribution is -2.24. The van der Waals surface area contributed by atoms with Gasteiger partial charge in [-0.2, -0.15) is 0 Å². The Balaban J connectivity index is 1.41. The number of ether oxygens (including phenoxy) is 1. The second-order valence-electron chi connectivity index (χ2n) is 14.2. The molecule has 1 aliphatic rings. The van der Waals surface area contributed by atoms with E-state index in [0.29, 0.717) is 22.4 Å². The lowest BCUT2D eigenvalue weighted by molar-refractivity contribution is -0.117. The summed E-state index contributed by atoms with van der Waals surface area (Å²) in [4.78, 5) is 26.7. The van der Waals surface area contributed by atoms with E-state index in [0.717, 1.165) is 52.8 Å². The van der Waals surface area contributed by atoms with Crippen LogP contribution in [0, 0.1) is 12.3 Å². The molecule has 5 heteroatoms. The molecule has 0 saturated heterocycles. The number of benzene rings is 4. The molecule has 0 aliphatic heterocycles. The molecule has 46 heavy (non-hydrogen) atoms. The Morgan fingerprint density at radius 1 is 0.913 bits per heavy atom. The minimum absolute atomic E-state index is 0.0810. The maximum Gasteiger partial charge on any atom is 0.338 e. The fraction of sp³-hybridized carbons (Fsp3) is 0.317. The molecule has 1 N–H and O–H groups in total. The Morgan fingerprint density at radius 2 is 1.63 bits per heavy atom. The summed E-state index contributed by atoms with van der Waals surface area (Å²) in [5.74, 6) is -0.879. The highest BCUT2D eigenvalue weighted by Gasteiger charge is 2.25. The summed E-state index contributed by atoms with van der Waals surface area (Å²) in [6.07, 6.45) is 6.06. The van der Waals surface area contributed by atoms with Crippen molar-refractivity contribution in [1.29, 1.82) is 0 Å². The van der Waals surface area contributed by atoms with Crippen molar-refractivity contribution < 1.29 is 14.3 Å². The van der Waals surface area contributed by atoms with E-state index >= 15 is 0 Å². The SMILES string of the molecule is Cc1cc(Cl)ccc1-c1ccc(NC(=O)C(Cc2ccc(C(=O)OC(C)(C)C)cc2)c2cccc(C3=CCC(C)(C)CC3)c2)cc1. The van der Waals surface area contributed by atoms with E-state index in [1.165, 1.54) is 11.1 Å². The van der Waals surface area contributed by atoms with E-state index in [9.17, 15) is 9.59 Å². The molecule has 1 amide bonds. The van der Waals surface area contributed by atoms with Gasteiger partial charge in [-0.05, 0) is 134 Å². The number of anilines is 1. The molecule has 4 aromatic rings. The van der Waals surface area contributed by atoms with Crippen LogP contribution in [0.1, 0.15) is 92.4 Å². The Kier molecular flexibility index (Phi) is 9.88. The van der Waals surface area contributed by atoms with Gasteiger partial charge in [0.1, 0.15) is 5.60 Å². The summed E-state index contributed by atoms with van der Waals surface area (Å²) in [6, 6.07) is 29.6. The largest absolute Gasteiger partial charge is 0.456 e. The molecule has 0 saturated carbocycles. The van der Waals surface area contributed by atoms with E-state index in [-0.39, 0.29) is 11.9 Å². The topological polar surface area (TPSA) is 55.4 Å². The van der Waals surface area contributed by atoms with Gasteiger partial charge in [-0.15, -0.1) is 0 Å². The average Bonchev–Trinajstić information content (AvgIpc) is 3.00. The van der Waals surface area contributed by atoms with Gasteiger partial charge in [-0.25, -0.2) is 4.79 Å². The molecular formula is C41H44ClNO3. The first kappa shape index (κ1) is 33.2. The minimum atomic E-state index is -0.570. The molecule has 4 nitrogen and oxygen atoms in total. The van der Waals surface area contributed by atoms with Crippen LogP contribution in [0.25, 0.3) is 16.7 Å². The summed E-state index contributed by atoms with van der Waals surface area (Å²) in [6.45, 7) is 12.2. The lowest BCUT2D eigenvalue weighted by atomic mass is 9.76. The molecule has 1 atom stereocenters. The predicted molar refractivity (Wildman–Crippen MR) is 190 cm³/mol. The highest BCUT2D eigenvalue weighted by Crippen LogP contribution is 2.38. The second kappa shape index (κ2) is 13.7. The molecule has 0 heterocycles. The zero-order chi connectivity index (χ0) is 33.1. The summed E-state index contributed by atoms with van der Waals surface area (Å²) in [7, 11) is 0. The number of carbonyl (C=O) groups excluding carboxylic acids is 2. The van der Waals surface area contributed by atoms with E-state index in [4.69, 9.17) is 16.3 Å². The number of halogens is 1. The summed E-state index contributed by atoms with van der Waals surface area (Å²) < 4.78 is 5.54. The number of aryl methyl sites for hydroxylation is 1. The van der Waals surface area contributed by atoms with E-state index in [1.54, 1.807) is 12.1 Å². The van der Waals surface area contributed by atoms with Crippen molar-refractivity contribution in [3.05, 3.63) is 130 Å². The Labute approximate surface area is 278 Å². The van der Waals surface area contributed by atoms with Crippen LogP contribution in [0.15, 0.2) is 97.1 Å². The van der Waals surface area contributed by atoms with Gasteiger partial charge in [0, 0.05) is 10.7 Å². The first-order valence-corrected chi connectivity index (χ1v) is 16.4. The standard InChI is InChI=1S/C41H44ClNO3/c1-27-24-34(42)16-19-36(27)30-14-17-35(18-15-30)43-38(44)37(25-28-10-12-31(13-11-28)39(45)46-40(2,3)4)33-9-7-8-32(26-33)29-20-22-41(5,6)23-21-29/h7-20,24,26,37H,21-23,25H2,1-6H3,(H,43,44). The Hall–Kier alpha value is -4.15. The second-order valence-corrected chi connectivity index (χ2v) is 14.6. The Bertz CT molecular complexity index is 1740. The van der Waals surface area contributed by atoms with Crippen molar-refractivity contribution in [2.45, 2.75) is 78.7 Å². The minimum Gasteiger partial charge on any atom is -0.456 e. The van der Waals surface area contributed by atoms with Gasteiger partial charge >= 0.3 is 5.97 Å². The summed E-state index contributed by atoms with van der Waals surface area (Å²) >= 11 is 6.16. The number of hydrogen-bond donors (Lipinski definition) is 1. The summed E-state index contributed by atoms with van der Waals surface area (Å²) in [5, 5.41) is 3.89. The highest BCUT2D eigenvalue weighted by atomic mass is 35.5. The van der Waals surface area contributed by atoms with E-state index < -0.39 is 11.5 Å². The van der Waals surface area contributed by atoms with Crippen molar-refractivity contribution >= 4 is 34.7 Å². The van der Waals surface area contributed by atoms with Crippen LogP contribution < -0.4 is 5.32 Å². The molecule has 0 spiro atoms. The van der Waals surface area contributed by atoms with E-state index in [2.05, 4.69) is 43.4 Å². The van der Waals surface area contributed by atoms with Crippen molar-refractivity contribution in [2.24, 2.45) is 5.41 Å². The van der Waals surface area contributed by atoms with Crippen molar-refractivity contribution in [3.63, 3.8) is 0 Å². The van der Waals surface area contributed by atoms with Gasteiger partial charge in [0.2, 0.25) is 5.91 Å². The van der Waals surface area contributed by atoms with Crippen LogP contribution in [-0.2, 0) is 16.0 Å². The number of nitrogens with one attached hydrogen (secondary N) is 1. The van der Waals surface area contributed by atoms with Crippen LogP contribution in [0.3, 0.4) is 0 Å². The zero-order valence-electron chi connectivity index (χ0n) is 27.7. The number of carbonyl (C=O) groups is 2. The van der Waals surface area contributed by atoms with Gasteiger partial charge < -0.3 is 10.1 Å².